The van der Waals surface area contributed by atoms with Crippen molar-refractivity contribution in [2.75, 3.05) is 40.9 Å². The van der Waals surface area contributed by atoms with Gasteiger partial charge in [-0.05, 0) is 62.5 Å². The molecule has 7 nitrogen and oxygen atoms in total. The summed E-state index contributed by atoms with van der Waals surface area (Å²) in [5, 5.41) is 11.1. The second-order valence-electron chi connectivity index (χ2n) is 7.94. The van der Waals surface area contributed by atoms with Gasteiger partial charge in [-0.2, -0.15) is 0 Å². The van der Waals surface area contributed by atoms with Crippen molar-refractivity contribution >= 4 is 17.4 Å². The van der Waals surface area contributed by atoms with Crippen LogP contribution in [0.25, 0.3) is 5.76 Å². The average molecular weight is 439 g/mol. The van der Waals surface area contributed by atoms with Crippen molar-refractivity contribution in [1.82, 2.24) is 9.80 Å². The van der Waals surface area contributed by atoms with E-state index in [0.717, 1.165) is 12.0 Å². The number of rotatable bonds is 9. The Morgan fingerprint density at radius 3 is 2.22 bits per heavy atom. The average Bonchev–Trinajstić information content (AvgIpc) is 3.06. The second-order valence-corrected chi connectivity index (χ2v) is 7.94. The number of nitrogens with zero attached hydrogens (tertiary/aromatic N) is 2. The van der Waals surface area contributed by atoms with Crippen LogP contribution in [-0.4, -0.2) is 67.5 Å². The number of methoxy groups -OCH3 is 1. The van der Waals surface area contributed by atoms with E-state index in [-0.39, 0.29) is 11.3 Å². The molecule has 0 radical (unpaired) electrons. The highest BCUT2D eigenvalue weighted by molar-refractivity contribution is 6.46. The summed E-state index contributed by atoms with van der Waals surface area (Å²) in [5.41, 5.74) is 1.27. The zero-order chi connectivity index (χ0) is 23.3. The van der Waals surface area contributed by atoms with Crippen LogP contribution in [-0.2, 0) is 9.59 Å². The molecular formula is C25H30N2O5. The second kappa shape index (κ2) is 10.3. The van der Waals surface area contributed by atoms with Crippen LogP contribution < -0.4 is 9.47 Å². The molecule has 7 heteroatoms. The van der Waals surface area contributed by atoms with E-state index >= 15 is 0 Å². The monoisotopic (exact) mass is 438 g/mol. The van der Waals surface area contributed by atoms with Crippen molar-refractivity contribution in [3.8, 4) is 11.5 Å². The molecule has 3 rings (SSSR count). The summed E-state index contributed by atoms with van der Waals surface area (Å²) in [6.45, 7) is 3.56. The van der Waals surface area contributed by atoms with Gasteiger partial charge in [-0.1, -0.05) is 19.1 Å². The first-order valence-corrected chi connectivity index (χ1v) is 10.7. The molecule has 1 aliphatic heterocycles. The third-order valence-electron chi connectivity index (χ3n) is 5.36. The molecule has 0 saturated carbocycles. The predicted molar refractivity (Wildman–Crippen MR) is 123 cm³/mol. The number of Topliss-reactive ketones (excluding diaryl/α,β-unsaturated/α-hetero) is 1. The molecule has 1 atom stereocenters. The van der Waals surface area contributed by atoms with E-state index < -0.39 is 17.7 Å². The van der Waals surface area contributed by atoms with Gasteiger partial charge < -0.3 is 24.4 Å². The highest BCUT2D eigenvalue weighted by Crippen LogP contribution is 2.39. The van der Waals surface area contributed by atoms with Crippen LogP contribution >= 0.6 is 0 Å². The third-order valence-corrected chi connectivity index (χ3v) is 5.36. The fourth-order valence-corrected chi connectivity index (χ4v) is 3.64. The van der Waals surface area contributed by atoms with Gasteiger partial charge in [0, 0.05) is 18.7 Å². The Balaban J connectivity index is 2.04. The zero-order valence-corrected chi connectivity index (χ0v) is 19.0. The highest BCUT2D eigenvalue weighted by atomic mass is 16.5. The molecule has 32 heavy (non-hydrogen) atoms. The molecule has 1 N–H and O–H groups in total. The van der Waals surface area contributed by atoms with Gasteiger partial charge in [0.15, 0.2) is 0 Å². The fraction of sp³-hybridized carbons (Fsp3) is 0.360. The van der Waals surface area contributed by atoms with Crippen LogP contribution in [0, 0.1) is 0 Å². The summed E-state index contributed by atoms with van der Waals surface area (Å²) < 4.78 is 10.8. The molecular weight excluding hydrogens is 408 g/mol. The van der Waals surface area contributed by atoms with E-state index in [2.05, 4.69) is 0 Å². The molecule has 1 amide bonds. The number of benzene rings is 2. The molecule has 1 saturated heterocycles. The number of hydrogen-bond donors (Lipinski definition) is 1. The van der Waals surface area contributed by atoms with Crippen LogP contribution in [0.2, 0.25) is 0 Å². The number of aliphatic hydroxyl groups excluding tert-OH is 1. The number of ether oxygens (including phenoxy) is 2. The number of likely N-dealkylation sites (N-methyl/N-ethyl adjacent to an activating group) is 1. The van der Waals surface area contributed by atoms with Gasteiger partial charge in [-0.15, -0.1) is 0 Å². The van der Waals surface area contributed by atoms with Gasteiger partial charge in [0.25, 0.3) is 11.7 Å². The van der Waals surface area contributed by atoms with Gasteiger partial charge in [-0.25, -0.2) is 0 Å². The first-order valence-electron chi connectivity index (χ1n) is 10.7. The zero-order valence-electron chi connectivity index (χ0n) is 19.0. The molecule has 2 aromatic rings. The van der Waals surface area contributed by atoms with Crippen molar-refractivity contribution in [1.29, 1.82) is 0 Å². The Bertz CT molecular complexity index is 980. The first kappa shape index (κ1) is 23.3. The maximum absolute atomic E-state index is 13.0. The van der Waals surface area contributed by atoms with Crippen LogP contribution in [0.5, 0.6) is 11.5 Å². The minimum Gasteiger partial charge on any atom is -0.507 e. The molecule has 0 unspecified atom stereocenters. The molecule has 0 aromatic heterocycles. The number of carbonyl (C=O) groups is 2. The predicted octanol–water partition coefficient (Wildman–Crippen LogP) is 3.47. The SMILES string of the molecule is CCCOc1ccc(/C(O)=C2\C(=O)C(=O)N(CCN(C)C)[C@@H]2c2ccc(OC)cc2)cc1. The standard InChI is InChI=1S/C25H30N2O5/c1-5-16-32-20-12-8-18(9-13-20)23(28)21-22(17-6-10-19(31-4)11-7-17)27(15-14-26(2)3)25(30)24(21)29/h6-13,22,28H,5,14-16H2,1-4H3/b23-21+/t22-/m1/s1. The van der Waals surface area contributed by atoms with E-state index in [4.69, 9.17) is 9.47 Å². The lowest BCUT2D eigenvalue weighted by Crippen LogP contribution is -2.35. The lowest BCUT2D eigenvalue weighted by Gasteiger charge is -2.26. The lowest BCUT2D eigenvalue weighted by atomic mass is 9.95. The Labute approximate surface area is 188 Å². The van der Waals surface area contributed by atoms with Gasteiger partial charge in [0.1, 0.15) is 17.3 Å². The van der Waals surface area contributed by atoms with E-state index in [9.17, 15) is 14.7 Å². The van der Waals surface area contributed by atoms with Crippen molar-refractivity contribution in [2.45, 2.75) is 19.4 Å². The van der Waals surface area contributed by atoms with Gasteiger partial charge >= 0.3 is 0 Å². The molecule has 0 spiro atoms. The fourth-order valence-electron chi connectivity index (χ4n) is 3.64. The van der Waals surface area contributed by atoms with Crippen molar-refractivity contribution in [3.63, 3.8) is 0 Å². The maximum Gasteiger partial charge on any atom is 0.295 e. The number of aliphatic hydroxyl groups is 1. The molecule has 0 bridgehead atoms. The minimum atomic E-state index is -0.687. The van der Waals surface area contributed by atoms with Gasteiger partial charge in [-0.3, -0.25) is 9.59 Å². The third kappa shape index (κ3) is 4.94. The van der Waals surface area contributed by atoms with Crippen LogP contribution in [0.15, 0.2) is 54.1 Å². The molecule has 1 fully saturated rings. The summed E-state index contributed by atoms with van der Waals surface area (Å²) in [6, 6.07) is 13.4. The Morgan fingerprint density at radius 2 is 1.66 bits per heavy atom. The summed E-state index contributed by atoms with van der Waals surface area (Å²) in [5.74, 6) is -0.146. The minimum absolute atomic E-state index is 0.0844. The van der Waals surface area contributed by atoms with Gasteiger partial charge in [0.05, 0.1) is 25.3 Å². The Morgan fingerprint density at radius 1 is 1.03 bits per heavy atom. The maximum atomic E-state index is 13.0. The number of likely N-dealkylation sites (tertiary alicyclic amines) is 1. The quantitative estimate of drug-likeness (QED) is 0.367. The van der Waals surface area contributed by atoms with E-state index in [1.165, 1.54) is 4.90 Å². The Hall–Kier alpha value is -3.32. The molecule has 1 aliphatic rings. The molecule has 0 aliphatic carbocycles. The van der Waals surface area contributed by atoms with Crippen molar-refractivity contribution < 1.29 is 24.2 Å². The number of carbonyl (C=O) groups excluding carboxylic acids is 2. The number of ketones is 1. The van der Waals surface area contributed by atoms with E-state index in [0.29, 0.717) is 36.8 Å². The largest absolute Gasteiger partial charge is 0.507 e. The smallest absolute Gasteiger partial charge is 0.295 e. The summed E-state index contributed by atoms with van der Waals surface area (Å²) in [4.78, 5) is 29.4. The normalized spacial score (nSPS) is 17.8. The molecule has 2 aromatic carbocycles. The van der Waals surface area contributed by atoms with E-state index in [1.807, 2.05) is 38.1 Å². The Kier molecular flexibility index (Phi) is 7.53. The summed E-state index contributed by atoms with van der Waals surface area (Å²) in [7, 11) is 5.38. The van der Waals surface area contributed by atoms with Gasteiger partial charge in [0.2, 0.25) is 0 Å². The molecule has 1 heterocycles. The highest BCUT2D eigenvalue weighted by Gasteiger charge is 2.45. The van der Waals surface area contributed by atoms with E-state index in [1.54, 1.807) is 43.5 Å². The topological polar surface area (TPSA) is 79.3 Å². The van der Waals surface area contributed by atoms with Crippen molar-refractivity contribution in [2.24, 2.45) is 0 Å². The number of amides is 1. The van der Waals surface area contributed by atoms with Crippen LogP contribution in [0.3, 0.4) is 0 Å². The lowest BCUT2D eigenvalue weighted by molar-refractivity contribution is -0.140. The van der Waals surface area contributed by atoms with Crippen molar-refractivity contribution in [3.05, 3.63) is 65.2 Å². The van der Waals surface area contributed by atoms with Crippen LogP contribution in [0.4, 0.5) is 0 Å². The first-order chi connectivity index (χ1) is 15.4. The number of hydrogen-bond acceptors (Lipinski definition) is 6. The summed E-state index contributed by atoms with van der Waals surface area (Å²) in [6.07, 6.45) is 0.889. The summed E-state index contributed by atoms with van der Waals surface area (Å²) >= 11 is 0. The molecule has 170 valence electrons. The van der Waals surface area contributed by atoms with Crippen LogP contribution in [0.1, 0.15) is 30.5 Å².